The molecule has 0 aliphatic heterocycles. The van der Waals surface area contributed by atoms with E-state index in [9.17, 15) is 5.11 Å². The standard InChI is InChI=1S/C9H10Cl2N2O2/c10-5-4-12-9(11)13-8(5)15-7-3-1-2-6(7)14/h4,6-7,14H,1-3H2. The molecule has 1 heterocycles. The molecule has 1 N–H and O–H groups in total. The van der Waals surface area contributed by atoms with Crippen LogP contribution in [-0.2, 0) is 0 Å². The van der Waals surface area contributed by atoms with Gasteiger partial charge in [0.25, 0.3) is 0 Å². The van der Waals surface area contributed by atoms with Crippen LogP contribution >= 0.6 is 23.2 Å². The molecule has 1 saturated carbocycles. The Balaban J connectivity index is 2.12. The fourth-order valence-electron chi connectivity index (χ4n) is 1.60. The zero-order chi connectivity index (χ0) is 10.8. The fraction of sp³-hybridized carbons (Fsp3) is 0.556. The van der Waals surface area contributed by atoms with Gasteiger partial charge >= 0.3 is 0 Å². The van der Waals surface area contributed by atoms with E-state index in [2.05, 4.69) is 9.97 Å². The molecule has 0 amide bonds. The van der Waals surface area contributed by atoms with Crippen molar-refractivity contribution in [3.05, 3.63) is 16.5 Å². The molecule has 1 aliphatic carbocycles. The highest BCUT2D eigenvalue weighted by Gasteiger charge is 2.28. The van der Waals surface area contributed by atoms with Gasteiger partial charge in [-0.1, -0.05) is 11.6 Å². The maximum Gasteiger partial charge on any atom is 0.237 e. The molecular formula is C9H10Cl2N2O2. The summed E-state index contributed by atoms with van der Waals surface area (Å²) in [4.78, 5) is 7.57. The zero-order valence-electron chi connectivity index (χ0n) is 7.86. The van der Waals surface area contributed by atoms with Crippen LogP contribution in [0.2, 0.25) is 10.3 Å². The molecule has 0 aromatic carbocycles. The first-order valence-electron chi connectivity index (χ1n) is 4.69. The van der Waals surface area contributed by atoms with Crippen molar-refractivity contribution in [2.75, 3.05) is 0 Å². The van der Waals surface area contributed by atoms with Gasteiger partial charge in [-0.05, 0) is 30.9 Å². The first-order valence-corrected chi connectivity index (χ1v) is 5.45. The van der Waals surface area contributed by atoms with Gasteiger partial charge < -0.3 is 9.84 Å². The predicted molar refractivity (Wildman–Crippen MR) is 56.3 cm³/mol. The molecule has 0 spiro atoms. The van der Waals surface area contributed by atoms with Crippen molar-refractivity contribution >= 4 is 23.2 Å². The Morgan fingerprint density at radius 3 is 2.87 bits per heavy atom. The third kappa shape index (κ3) is 2.51. The Hall–Kier alpha value is -0.580. The van der Waals surface area contributed by atoms with E-state index in [-0.39, 0.29) is 17.3 Å². The van der Waals surface area contributed by atoms with Crippen LogP contribution in [-0.4, -0.2) is 27.3 Å². The molecule has 0 saturated heterocycles. The third-order valence-corrected chi connectivity index (χ3v) is 2.80. The van der Waals surface area contributed by atoms with Crippen molar-refractivity contribution < 1.29 is 9.84 Å². The molecule has 1 aliphatic rings. The highest BCUT2D eigenvalue weighted by Crippen LogP contribution is 2.28. The van der Waals surface area contributed by atoms with Crippen LogP contribution < -0.4 is 4.74 Å². The lowest BCUT2D eigenvalue weighted by molar-refractivity contribution is 0.0574. The van der Waals surface area contributed by atoms with Gasteiger partial charge in [0.2, 0.25) is 11.2 Å². The van der Waals surface area contributed by atoms with Crippen molar-refractivity contribution in [1.29, 1.82) is 0 Å². The third-order valence-electron chi connectivity index (χ3n) is 2.36. The Kier molecular flexibility index (Phi) is 3.29. The molecule has 0 bridgehead atoms. The molecule has 2 unspecified atom stereocenters. The number of aliphatic hydroxyl groups excluding tert-OH is 1. The predicted octanol–water partition coefficient (Wildman–Crippen LogP) is 2.08. The number of halogens is 2. The molecule has 1 fully saturated rings. The Labute approximate surface area is 97.2 Å². The monoisotopic (exact) mass is 248 g/mol. The van der Waals surface area contributed by atoms with Crippen LogP contribution in [0.15, 0.2) is 6.20 Å². The van der Waals surface area contributed by atoms with Crippen molar-refractivity contribution in [2.24, 2.45) is 0 Å². The molecule has 1 aromatic heterocycles. The minimum Gasteiger partial charge on any atom is -0.470 e. The molecule has 0 radical (unpaired) electrons. The molecular weight excluding hydrogens is 239 g/mol. The fourth-order valence-corrected chi connectivity index (χ4v) is 1.86. The molecule has 15 heavy (non-hydrogen) atoms. The van der Waals surface area contributed by atoms with Crippen molar-refractivity contribution in [1.82, 2.24) is 9.97 Å². The topological polar surface area (TPSA) is 55.2 Å². The van der Waals surface area contributed by atoms with Crippen molar-refractivity contribution in [3.8, 4) is 5.88 Å². The summed E-state index contributed by atoms with van der Waals surface area (Å²) < 4.78 is 5.48. The molecule has 82 valence electrons. The van der Waals surface area contributed by atoms with E-state index in [1.54, 1.807) is 0 Å². The van der Waals surface area contributed by atoms with E-state index >= 15 is 0 Å². The highest BCUT2D eigenvalue weighted by atomic mass is 35.5. The second-order valence-electron chi connectivity index (χ2n) is 3.45. The van der Waals surface area contributed by atoms with Crippen LogP contribution in [0.3, 0.4) is 0 Å². The van der Waals surface area contributed by atoms with Gasteiger partial charge in [-0.3, -0.25) is 0 Å². The van der Waals surface area contributed by atoms with E-state index in [1.807, 2.05) is 0 Å². The molecule has 1 aromatic rings. The molecule has 2 atom stereocenters. The number of rotatable bonds is 2. The number of hydrogen-bond acceptors (Lipinski definition) is 4. The smallest absolute Gasteiger partial charge is 0.237 e. The van der Waals surface area contributed by atoms with Gasteiger partial charge in [0.1, 0.15) is 11.1 Å². The number of ether oxygens (including phenoxy) is 1. The summed E-state index contributed by atoms with van der Waals surface area (Å²) >= 11 is 11.4. The SMILES string of the molecule is OC1CCCC1Oc1nc(Cl)ncc1Cl. The van der Waals surface area contributed by atoms with E-state index in [4.69, 9.17) is 27.9 Å². The minimum absolute atomic E-state index is 0.0851. The lowest BCUT2D eigenvalue weighted by Gasteiger charge is -2.16. The lowest BCUT2D eigenvalue weighted by atomic mass is 10.3. The summed E-state index contributed by atoms with van der Waals surface area (Å²) in [6.07, 6.45) is 3.19. The summed E-state index contributed by atoms with van der Waals surface area (Å²) in [6, 6.07) is 0. The summed E-state index contributed by atoms with van der Waals surface area (Å²) in [5.41, 5.74) is 0. The second kappa shape index (κ2) is 4.51. The largest absolute Gasteiger partial charge is 0.470 e. The van der Waals surface area contributed by atoms with Crippen LogP contribution in [0.5, 0.6) is 5.88 Å². The van der Waals surface area contributed by atoms with Crippen LogP contribution in [0.4, 0.5) is 0 Å². The van der Waals surface area contributed by atoms with Gasteiger partial charge in [0.05, 0.1) is 12.3 Å². The number of hydrogen-bond donors (Lipinski definition) is 1. The number of aromatic nitrogens is 2. The van der Waals surface area contributed by atoms with Crippen molar-refractivity contribution in [2.45, 2.75) is 31.5 Å². The highest BCUT2D eigenvalue weighted by molar-refractivity contribution is 6.32. The van der Waals surface area contributed by atoms with Gasteiger partial charge in [0.15, 0.2) is 0 Å². The van der Waals surface area contributed by atoms with E-state index < -0.39 is 6.10 Å². The minimum atomic E-state index is -0.449. The van der Waals surface area contributed by atoms with Gasteiger partial charge in [-0.2, -0.15) is 4.98 Å². The van der Waals surface area contributed by atoms with Gasteiger partial charge in [0, 0.05) is 0 Å². The van der Waals surface area contributed by atoms with E-state index in [0.717, 1.165) is 19.3 Å². The van der Waals surface area contributed by atoms with E-state index in [0.29, 0.717) is 5.02 Å². The maximum absolute atomic E-state index is 9.57. The molecule has 2 rings (SSSR count). The van der Waals surface area contributed by atoms with Gasteiger partial charge in [-0.25, -0.2) is 4.98 Å². The quantitative estimate of drug-likeness (QED) is 0.815. The Morgan fingerprint density at radius 2 is 2.20 bits per heavy atom. The normalized spacial score (nSPS) is 25.5. The molecule has 6 heteroatoms. The maximum atomic E-state index is 9.57. The zero-order valence-corrected chi connectivity index (χ0v) is 9.37. The summed E-state index contributed by atoms with van der Waals surface area (Å²) in [7, 11) is 0. The first-order chi connectivity index (χ1) is 7.16. The number of aliphatic hydroxyl groups is 1. The van der Waals surface area contributed by atoms with Crippen molar-refractivity contribution in [3.63, 3.8) is 0 Å². The Bertz CT molecular complexity index is 362. The lowest BCUT2D eigenvalue weighted by Crippen LogP contribution is -2.26. The Morgan fingerprint density at radius 1 is 1.40 bits per heavy atom. The van der Waals surface area contributed by atoms with Crippen LogP contribution in [0.1, 0.15) is 19.3 Å². The molecule has 4 nitrogen and oxygen atoms in total. The summed E-state index contributed by atoms with van der Waals surface area (Å²) in [5.74, 6) is 0.239. The summed E-state index contributed by atoms with van der Waals surface area (Å²) in [6.45, 7) is 0. The van der Waals surface area contributed by atoms with Crippen LogP contribution in [0.25, 0.3) is 0 Å². The van der Waals surface area contributed by atoms with Crippen LogP contribution in [0, 0.1) is 0 Å². The van der Waals surface area contributed by atoms with Gasteiger partial charge in [-0.15, -0.1) is 0 Å². The second-order valence-corrected chi connectivity index (χ2v) is 4.19. The summed E-state index contributed by atoms with van der Waals surface area (Å²) in [5, 5.41) is 9.96. The first kappa shape index (κ1) is 10.9. The van der Waals surface area contributed by atoms with E-state index in [1.165, 1.54) is 6.20 Å². The average Bonchev–Trinajstić information content (AvgIpc) is 2.58. The average molecular weight is 249 g/mol. The number of nitrogens with zero attached hydrogens (tertiary/aromatic N) is 2.